The highest BCUT2D eigenvalue weighted by atomic mass is 28.4. The van der Waals surface area contributed by atoms with Crippen LogP contribution in [-0.2, 0) is 0 Å². The van der Waals surface area contributed by atoms with Crippen LogP contribution in [0.15, 0.2) is 437 Å². The van der Waals surface area contributed by atoms with Gasteiger partial charge in [0.1, 0.15) is 23.0 Å². The van der Waals surface area contributed by atoms with Crippen LogP contribution in [0, 0.1) is 0 Å². The maximum Gasteiger partial charge on any atom is 0.347 e. The van der Waals surface area contributed by atoms with Gasteiger partial charge in [0.15, 0.2) is 23.0 Å². The smallest absolute Gasteiger partial charge is 0.347 e. The number of hydrogen-bond donors (Lipinski definition) is 0. The Bertz CT molecular complexity index is 4710. The summed E-state index contributed by atoms with van der Waals surface area (Å²) >= 11 is 0. The van der Waals surface area contributed by atoms with E-state index in [-0.39, 0.29) is 0 Å². The van der Waals surface area contributed by atoms with Crippen molar-refractivity contribution in [2.45, 2.75) is 18.3 Å². The van der Waals surface area contributed by atoms with Crippen molar-refractivity contribution in [3.63, 3.8) is 0 Å². The second-order valence-corrected chi connectivity index (χ2v) is 41.7. The fourth-order valence-corrected chi connectivity index (χ4v) is 31.9. The van der Waals surface area contributed by atoms with Gasteiger partial charge in [0.25, 0.3) is 0 Å². The molecule has 0 atom stereocenters. The van der Waals surface area contributed by atoms with Crippen LogP contribution in [-0.4, -0.2) is 61.7 Å². The zero-order chi connectivity index (χ0) is 78.3. The number of rotatable bonds is 30. The monoisotopic (exact) mass is 1560 g/mol. The first-order valence-electron chi connectivity index (χ1n) is 38.9. The zero-order valence-corrected chi connectivity index (χ0v) is 68.7. The molecule has 115 heavy (non-hydrogen) atoms. The summed E-state index contributed by atoms with van der Waals surface area (Å²) in [6.07, 6.45) is 0.473. The van der Waals surface area contributed by atoms with Crippen LogP contribution in [0.5, 0.6) is 46.0 Å². The number of methoxy groups -OCH3 is 4. The van der Waals surface area contributed by atoms with E-state index in [9.17, 15) is 0 Å². The van der Waals surface area contributed by atoms with E-state index >= 15 is 0 Å². The average molecular weight is 1570 g/mol. The van der Waals surface area contributed by atoms with Crippen molar-refractivity contribution in [3.05, 3.63) is 459 Å². The molecular weight excluding hydrogens is 1480 g/mol. The highest BCUT2D eigenvalue weighted by Crippen LogP contribution is 2.47. The molecule has 0 aliphatic rings. The van der Waals surface area contributed by atoms with Gasteiger partial charge in [-0.15, -0.1) is 0 Å². The zero-order valence-electron chi connectivity index (χ0n) is 64.7. The molecule has 0 spiro atoms. The second kappa shape index (κ2) is 34.8. The molecule has 0 aliphatic carbocycles. The van der Waals surface area contributed by atoms with Crippen LogP contribution in [0.4, 0.5) is 0 Å². The second-order valence-electron chi connectivity index (χ2n) is 28.5. The van der Waals surface area contributed by atoms with Gasteiger partial charge in [-0.3, -0.25) is 0 Å². The third-order valence-corrected chi connectivity index (χ3v) is 37.9. The summed E-state index contributed by atoms with van der Waals surface area (Å²) in [5.41, 5.74) is 3.85. The van der Waals surface area contributed by atoms with Crippen LogP contribution in [0.2, 0.25) is 0 Å². The van der Waals surface area contributed by atoms with Crippen molar-refractivity contribution in [2.24, 2.45) is 0 Å². The Morgan fingerprint density at radius 1 is 0.165 bits per heavy atom. The largest absolute Gasteiger partial charge is 0.528 e. The van der Waals surface area contributed by atoms with Crippen LogP contribution in [0.1, 0.15) is 40.5 Å². The van der Waals surface area contributed by atoms with Crippen molar-refractivity contribution in [1.29, 1.82) is 0 Å². The Hall–Kier alpha value is -13.2. The topological polar surface area (TPSA) is 73.8 Å². The molecule has 8 nitrogen and oxygen atoms in total. The summed E-state index contributed by atoms with van der Waals surface area (Å²) in [6, 6.07) is 154. The molecule has 12 heteroatoms. The average Bonchev–Trinajstić information content (AvgIpc) is 0.762. The molecule has 16 aromatic rings. The van der Waals surface area contributed by atoms with Crippen molar-refractivity contribution < 1.29 is 36.7 Å². The van der Waals surface area contributed by atoms with Gasteiger partial charge in [-0.1, -0.05) is 388 Å². The van der Waals surface area contributed by atoms with E-state index in [1.165, 1.54) is 0 Å². The molecular formula is C103H88O8Si4. The lowest BCUT2D eigenvalue weighted by molar-refractivity contribution is 0.390. The Labute approximate surface area is 679 Å². The van der Waals surface area contributed by atoms with Gasteiger partial charge in [0.2, 0.25) is 0 Å². The van der Waals surface area contributed by atoms with Crippen LogP contribution >= 0.6 is 0 Å². The van der Waals surface area contributed by atoms with Gasteiger partial charge in [0, 0.05) is 11.8 Å². The van der Waals surface area contributed by atoms with Crippen molar-refractivity contribution in [3.8, 4) is 46.0 Å². The van der Waals surface area contributed by atoms with E-state index in [1.54, 1.807) is 28.4 Å². The molecule has 0 heterocycles. The molecule has 0 aromatic heterocycles. The quantitative estimate of drug-likeness (QED) is 0.0326. The Balaban J connectivity index is 0.908. The fraction of sp³-hybridized carbons (Fsp3) is 0.0680. The van der Waals surface area contributed by atoms with E-state index in [0.717, 1.165) is 84.5 Å². The van der Waals surface area contributed by atoms with E-state index in [0.29, 0.717) is 52.4 Å². The molecule has 0 aliphatic heterocycles. The molecule has 564 valence electrons. The summed E-state index contributed by atoms with van der Waals surface area (Å²) in [6.45, 7) is 0. The van der Waals surface area contributed by atoms with Crippen molar-refractivity contribution >= 4 is 95.5 Å². The molecule has 0 N–H and O–H groups in total. The molecule has 16 aromatic carbocycles. The molecule has 0 saturated carbocycles. The maximum atomic E-state index is 7.90. The molecule has 0 unspecified atom stereocenters. The SMILES string of the molecule is COc1cc(C(CC(c2ccc(O[Si](c3ccccc3)(c3ccccc3)c3ccccc3)c(OC)c2)c2ccc(O[Si](c3ccccc3)(c3ccccc3)c3ccccc3)c(OC)c2)c2ccc(O[Si](c3ccccc3)(c3ccccc3)c3ccccc3)c(OC)c2)ccc1O[Si](c1ccccc1)(c1ccccc1)c1ccccc1. The number of benzene rings is 16. The lowest BCUT2D eigenvalue weighted by Gasteiger charge is -2.35. The third kappa shape index (κ3) is 15.2. The van der Waals surface area contributed by atoms with Crippen molar-refractivity contribution in [2.75, 3.05) is 28.4 Å². The summed E-state index contributed by atoms with van der Waals surface area (Å²) < 4.78 is 58.4. The van der Waals surface area contributed by atoms with Gasteiger partial charge >= 0.3 is 33.3 Å². The van der Waals surface area contributed by atoms with Crippen LogP contribution < -0.4 is 98.9 Å². The van der Waals surface area contributed by atoms with Crippen LogP contribution in [0.3, 0.4) is 0 Å². The molecule has 0 amide bonds. The van der Waals surface area contributed by atoms with Crippen molar-refractivity contribution in [1.82, 2.24) is 0 Å². The molecule has 0 saturated heterocycles. The van der Waals surface area contributed by atoms with Gasteiger partial charge in [-0.2, -0.15) is 0 Å². The minimum Gasteiger partial charge on any atom is -0.528 e. The Kier molecular flexibility index (Phi) is 22.9. The summed E-state index contributed by atoms with van der Waals surface area (Å²) in [4.78, 5) is 0. The lowest BCUT2D eigenvalue weighted by Crippen LogP contribution is -2.71. The summed E-state index contributed by atoms with van der Waals surface area (Å²) in [5, 5.41) is 13.1. The highest BCUT2D eigenvalue weighted by molar-refractivity contribution is 7.09. The van der Waals surface area contributed by atoms with E-state index in [4.69, 9.17) is 36.7 Å². The van der Waals surface area contributed by atoms with Gasteiger partial charge in [-0.05, 0) is 139 Å². The van der Waals surface area contributed by atoms with E-state index in [2.05, 4.69) is 437 Å². The molecule has 16 rings (SSSR count). The molecule has 0 radical (unpaired) electrons. The maximum absolute atomic E-state index is 7.90. The predicted molar refractivity (Wildman–Crippen MR) is 479 cm³/mol. The third-order valence-electron chi connectivity index (χ3n) is 22.0. The van der Waals surface area contributed by atoms with Gasteiger partial charge in [0.05, 0.1) is 28.4 Å². The fourth-order valence-electron chi connectivity index (χ4n) is 16.5. The van der Waals surface area contributed by atoms with Gasteiger partial charge in [-0.25, -0.2) is 0 Å². The Morgan fingerprint density at radius 3 is 0.417 bits per heavy atom. The lowest BCUT2D eigenvalue weighted by atomic mass is 9.78. The predicted octanol–water partition coefficient (Wildman–Crippen LogP) is 15.3. The standard InChI is InChI=1S/C103H88O8Si4/c1-104-100-73-78(65-69-96(100)108-112(82-41-17-5-18-42-82,83-43-19-6-20-44-83)84-45-21-7-22-46-84)94(79-66-70-97(101(74-79)105-2)109-113(85-47-23-8-24-48-85,86-49-25-9-26-50-86)87-51-27-10-28-52-87)77-95(80-67-71-98(102(75-80)106-3)110-114(88-53-29-11-30-54-88,89-55-31-12-32-56-89)90-57-33-13-34-58-90)81-68-72-99(103(76-81)107-4)111-115(91-59-35-14-36-60-91,92-61-37-15-38-62-92)93-63-39-16-40-64-93/h5-76,94-95H,77H2,1-4H3. The molecule has 0 fully saturated rings. The van der Waals surface area contributed by atoms with E-state index < -0.39 is 45.1 Å². The number of hydrogen-bond acceptors (Lipinski definition) is 8. The summed E-state index contributed by atoms with van der Waals surface area (Å²) in [5.74, 6) is 3.91. The highest BCUT2D eigenvalue weighted by Gasteiger charge is 2.49. The first kappa shape index (κ1) is 75.8. The summed E-state index contributed by atoms with van der Waals surface area (Å²) in [7, 11) is -6.53. The Morgan fingerprint density at radius 2 is 0.296 bits per heavy atom. The van der Waals surface area contributed by atoms with Crippen LogP contribution in [0.25, 0.3) is 0 Å². The normalized spacial score (nSPS) is 11.7. The molecule has 0 bridgehead atoms. The van der Waals surface area contributed by atoms with Gasteiger partial charge < -0.3 is 36.7 Å². The number of ether oxygens (including phenoxy) is 4. The minimum atomic E-state index is -3.37. The first-order valence-corrected chi connectivity index (χ1v) is 46.6. The van der Waals surface area contributed by atoms with E-state index in [1.807, 2.05) is 0 Å². The minimum absolute atomic E-state index is 0.415. The first-order chi connectivity index (χ1) is 56.8.